The van der Waals surface area contributed by atoms with Gasteiger partial charge in [0.05, 0.1) is 0 Å². The Morgan fingerprint density at radius 3 is 2.53 bits per heavy atom. The normalized spacial score (nSPS) is 20.6. The highest BCUT2D eigenvalue weighted by molar-refractivity contribution is 14.0. The summed E-state index contributed by atoms with van der Waals surface area (Å²) in [6.07, 6.45) is 7.56. The first kappa shape index (κ1) is 25.1. The van der Waals surface area contributed by atoms with Gasteiger partial charge in [0.1, 0.15) is 0 Å². The summed E-state index contributed by atoms with van der Waals surface area (Å²) in [5.41, 5.74) is 0.752. The van der Waals surface area contributed by atoms with E-state index in [-0.39, 0.29) is 24.0 Å². The second-order valence-corrected chi connectivity index (χ2v) is 8.19. The molecular formula is C22H36F2IN5. The quantitative estimate of drug-likeness (QED) is 0.241. The molecule has 0 radical (unpaired) electrons. The Kier molecular flexibility index (Phi) is 11.1. The largest absolute Gasteiger partial charge is 0.371 e. The minimum Gasteiger partial charge on any atom is -0.371 e. The van der Waals surface area contributed by atoms with Gasteiger partial charge >= 0.3 is 0 Å². The van der Waals surface area contributed by atoms with E-state index >= 15 is 0 Å². The first-order valence-electron chi connectivity index (χ1n) is 11.0. The number of likely N-dealkylation sites (tertiary alicyclic amines) is 1. The highest BCUT2D eigenvalue weighted by Gasteiger charge is 2.23. The summed E-state index contributed by atoms with van der Waals surface area (Å²) >= 11 is 0. The predicted octanol–water partition coefficient (Wildman–Crippen LogP) is 3.84. The molecule has 2 fully saturated rings. The zero-order chi connectivity index (χ0) is 20.5. The molecule has 0 aromatic heterocycles. The van der Waals surface area contributed by atoms with Crippen LogP contribution in [0.15, 0.2) is 23.2 Å². The van der Waals surface area contributed by atoms with Crippen LogP contribution in [0.1, 0.15) is 38.5 Å². The highest BCUT2D eigenvalue weighted by atomic mass is 127. The predicted molar refractivity (Wildman–Crippen MR) is 131 cm³/mol. The van der Waals surface area contributed by atoms with Crippen molar-refractivity contribution in [2.45, 2.75) is 38.5 Å². The number of aliphatic imine (C=N–C) groups is 1. The average Bonchev–Trinajstić information content (AvgIpc) is 3.05. The number of halogens is 3. The number of anilines is 1. The lowest BCUT2D eigenvalue weighted by Crippen LogP contribution is -2.41. The van der Waals surface area contributed by atoms with Crippen molar-refractivity contribution in [1.82, 2.24) is 15.5 Å². The maximum absolute atomic E-state index is 13.5. The topological polar surface area (TPSA) is 42.9 Å². The number of nitrogens with zero attached hydrogens (tertiary/aromatic N) is 3. The molecule has 0 saturated carbocycles. The van der Waals surface area contributed by atoms with E-state index in [1.165, 1.54) is 50.9 Å². The van der Waals surface area contributed by atoms with Gasteiger partial charge in [-0.2, -0.15) is 0 Å². The molecule has 170 valence electrons. The molecule has 2 N–H and O–H groups in total. The SMILES string of the molecule is CN=C(NCCCN1CCCCCC1)NCC1CCN(c2ccc(F)c(F)c2)C1.I. The second-order valence-electron chi connectivity index (χ2n) is 8.19. The molecule has 0 amide bonds. The molecule has 5 nitrogen and oxygen atoms in total. The number of hydrogen-bond acceptors (Lipinski definition) is 3. The summed E-state index contributed by atoms with van der Waals surface area (Å²) in [6.45, 7) is 7.07. The molecule has 1 atom stereocenters. The Balaban J connectivity index is 0.00000320. The van der Waals surface area contributed by atoms with E-state index in [9.17, 15) is 8.78 Å². The molecule has 2 aliphatic heterocycles. The Morgan fingerprint density at radius 2 is 1.83 bits per heavy atom. The van der Waals surface area contributed by atoms with Crippen LogP contribution in [0.3, 0.4) is 0 Å². The molecule has 8 heteroatoms. The van der Waals surface area contributed by atoms with Crippen LogP contribution in [0.2, 0.25) is 0 Å². The van der Waals surface area contributed by atoms with E-state index in [2.05, 4.69) is 25.4 Å². The zero-order valence-electron chi connectivity index (χ0n) is 18.0. The summed E-state index contributed by atoms with van der Waals surface area (Å²) in [7, 11) is 1.80. The van der Waals surface area contributed by atoms with Crippen LogP contribution in [-0.4, -0.2) is 63.7 Å². The number of nitrogens with one attached hydrogen (secondary N) is 2. The van der Waals surface area contributed by atoms with Gasteiger partial charge in [0.2, 0.25) is 0 Å². The lowest BCUT2D eigenvalue weighted by molar-refractivity contribution is 0.282. The van der Waals surface area contributed by atoms with Gasteiger partial charge in [-0.15, -0.1) is 24.0 Å². The summed E-state index contributed by atoms with van der Waals surface area (Å²) in [5.74, 6) is -0.281. The van der Waals surface area contributed by atoms with Crippen molar-refractivity contribution in [2.75, 3.05) is 57.8 Å². The fourth-order valence-electron chi connectivity index (χ4n) is 4.25. The van der Waals surface area contributed by atoms with Gasteiger partial charge in [-0.3, -0.25) is 4.99 Å². The van der Waals surface area contributed by atoms with E-state index in [0.29, 0.717) is 5.92 Å². The third kappa shape index (κ3) is 7.83. The molecule has 1 aromatic rings. The molecule has 1 aromatic carbocycles. The molecule has 30 heavy (non-hydrogen) atoms. The minimum atomic E-state index is -0.795. The lowest BCUT2D eigenvalue weighted by Gasteiger charge is -2.21. The molecule has 0 aliphatic carbocycles. The van der Waals surface area contributed by atoms with Crippen molar-refractivity contribution >= 4 is 35.6 Å². The van der Waals surface area contributed by atoms with Gasteiger partial charge in [0, 0.05) is 45.0 Å². The molecular weight excluding hydrogens is 499 g/mol. The van der Waals surface area contributed by atoms with Crippen molar-refractivity contribution in [2.24, 2.45) is 10.9 Å². The van der Waals surface area contributed by atoms with E-state index in [1.54, 1.807) is 13.1 Å². The van der Waals surface area contributed by atoms with Gasteiger partial charge in [0.15, 0.2) is 17.6 Å². The van der Waals surface area contributed by atoms with E-state index in [1.807, 2.05) is 0 Å². The van der Waals surface area contributed by atoms with Crippen LogP contribution in [-0.2, 0) is 0 Å². The van der Waals surface area contributed by atoms with E-state index in [4.69, 9.17) is 0 Å². The molecule has 0 spiro atoms. The Hall–Kier alpha value is -1.16. The molecule has 2 aliphatic rings. The van der Waals surface area contributed by atoms with Gasteiger partial charge in [0.25, 0.3) is 0 Å². The van der Waals surface area contributed by atoms with Crippen LogP contribution < -0.4 is 15.5 Å². The number of rotatable bonds is 7. The maximum atomic E-state index is 13.5. The van der Waals surface area contributed by atoms with Crippen LogP contribution >= 0.6 is 24.0 Å². The summed E-state index contributed by atoms with van der Waals surface area (Å²) in [6, 6.07) is 4.14. The lowest BCUT2D eigenvalue weighted by atomic mass is 10.1. The second kappa shape index (κ2) is 13.3. The fraction of sp³-hybridized carbons (Fsp3) is 0.682. The monoisotopic (exact) mass is 535 g/mol. The number of hydrogen-bond donors (Lipinski definition) is 2. The van der Waals surface area contributed by atoms with Gasteiger partial charge in [-0.05, 0) is 63.4 Å². The van der Waals surface area contributed by atoms with Crippen LogP contribution in [0.5, 0.6) is 0 Å². The maximum Gasteiger partial charge on any atom is 0.190 e. The Labute approximate surface area is 196 Å². The van der Waals surface area contributed by atoms with Crippen LogP contribution in [0.4, 0.5) is 14.5 Å². The van der Waals surface area contributed by atoms with Crippen molar-refractivity contribution < 1.29 is 8.78 Å². The molecule has 2 heterocycles. The Morgan fingerprint density at radius 1 is 1.07 bits per heavy atom. The molecule has 2 saturated heterocycles. The minimum absolute atomic E-state index is 0. The molecule has 0 bridgehead atoms. The van der Waals surface area contributed by atoms with Gasteiger partial charge in [-0.1, -0.05) is 12.8 Å². The van der Waals surface area contributed by atoms with Gasteiger partial charge < -0.3 is 20.4 Å². The average molecular weight is 535 g/mol. The van der Waals surface area contributed by atoms with Crippen molar-refractivity contribution in [1.29, 1.82) is 0 Å². The summed E-state index contributed by atoms with van der Waals surface area (Å²) in [4.78, 5) is 9.02. The van der Waals surface area contributed by atoms with Crippen molar-refractivity contribution in [3.63, 3.8) is 0 Å². The third-order valence-corrected chi connectivity index (χ3v) is 5.98. The molecule has 3 rings (SSSR count). The van der Waals surface area contributed by atoms with Crippen molar-refractivity contribution in [3.8, 4) is 0 Å². The number of guanidine groups is 1. The van der Waals surface area contributed by atoms with Crippen LogP contribution in [0.25, 0.3) is 0 Å². The fourth-order valence-corrected chi connectivity index (χ4v) is 4.25. The molecule has 1 unspecified atom stereocenters. The first-order valence-corrected chi connectivity index (χ1v) is 11.0. The van der Waals surface area contributed by atoms with E-state index < -0.39 is 11.6 Å². The smallest absolute Gasteiger partial charge is 0.190 e. The first-order chi connectivity index (χ1) is 14.2. The zero-order valence-corrected chi connectivity index (χ0v) is 20.3. The van der Waals surface area contributed by atoms with Crippen molar-refractivity contribution in [3.05, 3.63) is 29.8 Å². The van der Waals surface area contributed by atoms with Crippen LogP contribution in [0, 0.1) is 17.6 Å². The summed E-state index contributed by atoms with van der Waals surface area (Å²) in [5, 5.41) is 6.83. The highest BCUT2D eigenvalue weighted by Crippen LogP contribution is 2.25. The standard InChI is InChI=1S/C22H35F2N5.HI/c1-25-22(26-10-6-13-28-11-4-2-3-5-12-28)27-16-18-9-14-29(17-18)19-7-8-20(23)21(24)15-19;/h7-8,15,18H,2-6,9-14,16-17H2,1H3,(H2,25,26,27);1H. The van der Waals surface area contributed by atoms with Gasteiger partial charge in [-0.25, -0.2) is 8.78 Å². The summed E-state index contributed by atoms with van der Waals surface area (Å²) < 4.78 is 26.6. The van der Waals surface area contributed by atoms with E-state index in [0.717, 1.165) is 57.2 Å². The Bertz CT molecular complexity index is 665. The number of benzene rings is 1. The third-order valence-electron chi connectivity index (χ3n) is 5.98.